The quantitative estimate of drug-likeness (QED) is 0.818. The van der Waals surface area contributed by atoms with E-state index in [4.69, 9.17) is 0 Å². The molecule has 2 nitrogen and oxygen atoms in total. The number of aliphatic hydroxyl groups is 1. The number of benzene rings is 1. The summed E-state index contributed by atoms with van der Waals surface area (Å²) in [5, 5.41) is 9.50. The van der Waals surface area contributed by atoms with Crippen LogP contribution in [0.4, 0.5) is 0 Å². The van der Waals surface area contributed by atoms with Gasteiger partial charge < -0.3 is 5.11 Å². The van der Waals surface area contributed by atoms with E-state index in [0.717, 1.165) is 12.1 Å². The molecule has 0 radical (unpaired) electrons. The number of hydrogen-bond acceptors (Lipinski definition) is 2. The van der Waals surface area contributed by atoms with Gasteiger partial charge >= 0.3 is 0 Å². The minimum atomic E-state index is -0.358. The first-order valence-electron chi connectivity index (χ1n) is 5.75. The van der Waals surface area contributed by atoms with Crippen molar-refractivity contribution in [2.75, 3.05) is 13.1 Å². The highest BCUT2D eigenvalue weighted by Crippen LogP contribution is 2.17. The molecular formula is C13H19NO. The summed E-state index contributed by atoms with van der Waals surface area (Å²) in [6.07, 6.45) is 2.30. The van der Waals surface area contributed by atoms with E-state index in [1.54, 1.807) is 0 Å². The van der Waals surface area contributed by atoms with Gasteiger partial charge in [0, 0.05) is 6.54 Å². The summed E-state index contributed by atoms with van der Waals surface area (Å²) in [5.74, 6) is 0. The summed E-state index contributed by atoms with van der Waals surface area (Å²) in [6, 6.07) is 8.28. The van der Waals surface area contributed by atoms with Gasteiger partial charge in [-0.05, 0) is 44.0 Å². The van der Waals surface area contributed by atoms with Crippen molar-refractivity contribution in [1.29, 1.82) is 0 Å². The Morgan fingerprint density at radius 2 is 2.07 bits per heavy atom. The molecule has 1 atom stereocenters. The molecule has 1 fully saturated rings. The zero-order valence-electron chi connectivity index (χ0n) is 9.32. The SMILES string of the molecule is CC(O)c1cccc(CN2CCCC2)c1. The van der Waals surface area contributed by atoms with Crippen LogP contribution in [0.15, 0.2) is 24.3 Å². The summed E-state index contributed by atoms with van der Waals surface area (Å²) < 4.78 is 0. The van der Waals surface area contributed by atoms with Gasteiger partial charge in [-0.15, -0.1) is 0 Å². The first-order valence-corrected chi connectivity index (χ1v) is 5.75. The molecule has 1 aliphatic rings. The maximum atomic E-state index is 9.50. The van der Waals surface area contributed by atoms with Crippen molar-refractivity contribution in [3.8, 4) is 0 Å². The van der Waals surface area contributed by atoms with E-state index in [9.17, 15) is 5.11 Å². The third-order valence-corrected chi connectivity index (χ3v) is 3.04. The predicted molar refractivity (Wildman–Crippen MR) is 61.6 cm³/mol. The van der Waals surface area contributed by atoms with E-state index >= 15 is 0 Å². The number of likely N-dealkylation sites (tertiary alicyclic amines) is 1. The second kappa shape index (κ2) is 4.77. The molecule has 0 aliphatic carbocycles. The fourth-order valence-electron chi connectivity index (χ4n) is 2.15. The van der Waals surface area contributed by atoms with E-state index in [0.29, 0.717) is 0 Å². The van der Waals surface area contributed by atoms with Crippen LogP contribution in [-0.2, 0) is 6.54 Å². The Balaban J connectivity index is 2.04. The summed E-state index contributed by atoms with van der Waals surface area (Å²) in [4.78, 5) is 2.47. The van der Waals surface area contributed by atoms with E-state index in [-0.39, 0.29) is 6.10 Å². The Bertz CT molecular complexity index is 316. The molecule has 82 valence electrons. The van der Waals surface area contributed by atoms with Crippen molar-refractivity contribution >= 4 is 0 Å². The van der Waals surface area contributed by atoms with Crippen LogP contribution in [0.5, 0.6) is 0 Å². The van der Waals surface area contributed by atoms with Gasteiger partial charge in [-0.3, -0.25) is 4.90 Å². The summed E-state index contributed by atoms with van der Waals surface area (Å²) in [5.41, 5.74) is 2.34. The topological polar surface area (TPSA) is 23.5 Å². The van der Waals surface area contributed by atoms with Crippen molar-refractivity contribution < 1.29 is 5.11 Å². The third kappa shape index (κ3) is 2.80. The molecule has 2 rings (SSSR count). The van der Waals surface area contributed by atoms with Crippen LogP contribution in [-0.4, -0.2) is 23.1 Å². The summed E-state index contributed by atoms with van der Waals surface area (Å²) >= 11 is 0. The van der Waals surface area contributed by atoms with Gasteiger partial charge in [0.1, 0.15) is 0 Å². The van der Waals surface area contributed by atoms with Gasteiger partial charge in [-0.25, -0.2) is 0 Å². The van der Waals surface area contributed by atoms with E-state index in [2.05, 4.69) is 17.0 Å². The Hall–Kier alpha value is -0.860. The standard InChI is InChI=1S/C13H19NO/c1-11(15)13-6-4-5-12(9-13)10-14-7-2-3-8-14/h4-6,9,11,15H,2-3,7-8,10H2,1H3. The van der Waals surface area contributed by atoms with Crippen molar-refractivity contribution in [2.45, 2.75) is 32.4 Å². The molecule has 1 aromatic rings. The monoisotopic (exact) mass is 205 g/mol. The minimum Gasteiger partial charge on any atom is -0.389 e. The maximum Gasteiger partial charge on any atom is 0.0762 e. The highest BCUT2D eigenvalue weighted by molar-refractivity contribution is 5.24. The fraction of sp³-hybridized carbons (Fsp3) is 0.538. The molecule has 1 aliphatic heterocycles. The van der Waals surface area contributed by atoms with Crippen LogP contribution in [0.3, 0.4) is 0 Å². The Kier molecular flexibility index (Phi) is 3.39. The predicted octanol–water partition coefficient (Wildman–Crippen LogP) is 2.34. The maximum absolute atomic E-state index is 9.50. The molecule has 15 heavy (non-hydrogen) atoms. The van der Waals surface area contributed by atoms with Crippen molar-refractivity contribution in [2.24, 2.45) is 0 Å². The molecule has 0 aromatic heterocycles. The molecule has 0 bridgehead atoms. The number of nitrogens with zero attached hydrogens (tertiary/aromatic N) is 1. The molecule has 0 spiro atoms. The second-order valence-corrected chi connectivity index (χ2v) is 4.40. The van der Waals surface area contributed by atoms with Gasteiger partial charge in [0.05, 0.1) is 6.10 Å². The molecule has 2 heteroatoms. The first kappa shape index (κ1) is 10.7. The molecule has 1 aromatic carbocycles. The van der Waals surface area contributed by atoms with E-state index < -0.39 is 0 Å². The van der Waals surface area contributed by atoms with E-state index in [1.807, 2.05) is 19.1 Å². The first-order chi connectivity index (χ1) is 7.25. The zero-order valence-corrected chi connectivity index (χ0v) is 9.32. The molecule has 1 unspecified atom stereocenters. The van der Waals surface area contributed by atoms with Crippen LogP contribution < -0.4 is 0 Å². The van der Waals surface area contributed by atoms with E-state index in [1.165, 1.54) is 31.5 Å². The molecule has 0 amide bonds. The lowest BCUT2D eigenvalue weighted by Gasteiger charge is -2.15. The highest BCUT2D eigenvalue weighted by atomic mass is 16.3. The summed E-state index contributed by atoms with van der Waals surface area (Å²) in [7, 11) is 0. The molecule has 1 saturated heterocycles. The number of hydrogen-bond donors (Lipinski definition) is 1. The van der Waals surface area contributed by atoms with Gasteiger partial charge in [0.2, 0.25) is 0 Å². The Labute approximate surface area is 91.5 Å². The van der Waals surface area contributed by atoms with Crippen LogP contribution in [0.1, 0.15) is 37.0 Å². The molecule has 1 heterocycles. The van der Waals surface area contributed by atoms with Gasteiger partial charge in [0.15, 0.2) is 0 Å². The molecular weight excluding hydrogens is 186 g/mol. The van der Waals surface area contributed by atoms with Crippen LogP contribution in [0.25, 0.3) is 0 Å². The lowest BCUT2D eigenvalue weighted by Crippen LogP contribution is -2.18. The van der Waals surface area contributed by atoms with Crippen LogP contribution >= 0.6 is 0 Å². The fourth-order valence-corrected chi connectivity index (χ4v) is 2.15. The Morgan fingerprint density at radius 3 is 2.73 bits per heavy atom. The summed E-state index contributed by atoms with van der Waals surface area (Å²) in [6.45, 7) is 5.29. The largest absolute Gasteiger partial charge is 0.389 e. The smallest absolute Gasteiger partial charge is 0.0762 e. The average molecular weight is 205 g/mol. The van der Waals surface area contributed by atoms with Gasteiger partial charge in [-0.1, -0.05) is 24.3 Å². The zero-order chi connectivity index (χ0) is 10.7. The van der Waals surface area contributed by atoms with Crippen LogP contribution in [0, 0.1) is 0 Å². The minimum absolute atomic E-state index is 0.358. The third-order valence-electron chi connectivity index (χ3n) is 3.04. The van der Waals surface area contributed by atoms with Gasteiger partial charge in [0.25, 0.3) is 0 Å². The average Bonchev–Trinajstić information content (AvgIpc) is 2.71. The molecule has 0 saturated carbocycles. The number of rotatable bonds is 3. The van der Waals surface area contributed by atoms with Gasteiger partial charge in [-0.2, -0.15) is 0 Å². The van der Waals surface area contributed by atoms with Crippen molar-refractivity contribution in [3.63, 3.8) is 0 Å². The lowest BCUT2D eigenvalue weighted by atomic mass is 10.1. The normalized spacial score (nSPS) is 19.3. The van der Waals surface area contributed by atoms with Crippen molar-refractivity contribution in [1.82, 2.24) is 4.90 Å². The Morgan fingerprint density at radius 1 is 1.33 bits per heavy atom. The molecule has 1 N–H and O–H groups in total. The van der Waals surface area contributed by atoms with Crippen molar-refractivity contribution in [3.05, 3.63) is 35.4 Å². The number of aliphatic hydroxyl groups excluding tert-OH is 1. The second-order valence-electron chi connectivity index (χ2n) is 4.40. The van der Waals surface area contributed by atoms with Crippen LogP contribution in [0.2, 0.25) is 0 Å². The highest BCUT2D eigenvalue weighted by Gasteiger charge is 2.12. The lowest BCUT2D eigenvalue weighted by molar-refractivity contribution is 0.199.